The van der Waals surface area contributed by atoms with Crippen molar-refractivity contribution in [3.8, 4) is 23.3 Å². The number of aromatic nitrogens is 1. The molecule has 172 valence electrons. The van der Waals surface area contributed by atoms with Gasteiger partial charge < -0.3 is 14.5 Å². The van der Waals surface area contributed by atoms with Crippen molar-refractivity contribution >= 4 is 21.6 Å². The van der Waals surface area contributed by atoms with Crippen molar-refractivity contribution in [3.63, 3.8) is 0 Å². The van der Waals surface area contributed by atoms with Crippen molar-refractivity contribution in [3.05, 3.63) is 54.2 Å². The number of hydrogen-bond donors (Lipinski definition) is 1. The molecule has 1 aliphatic heterocycles. The van der Waals surface area contributed by atoms with Gasteiger partial charge in [0.05, 0.1) is 11.5 Å². The number of oxazole rings is 1. The molecule has 0 saturated carbocycles. The summed E-state index contributed by atoms with van der Waals surface area (Å²) in [5.41, 5.74) is 1.41. The van der Waals surface area contributed by atoms with E-state index in [2.05, 4.69) is 10.3 Å². The molecule has 1 aromatic heterocycles. The molecule has 3 aromatic rings. The van der Waals surface area contributed by atoms with Crippen LogP contribution in [-0.2, 0) is 10.0 Å². The molecule has 1 saturated heterocycles. The van der Waals surface area contributed by atoms with E-state index < -0.39 is 10.0 Å². The van der Waals surface area contributed by atoms with E-state index in [0.29, 0.717) is 25.3 Å². The van der Waals surface area contributed by atoms with Gasteiger partial charge in [-0.05, 0) is 68.3 Å². The van der Waals surface area contributed by atoms with Crippen LogP contribution in [-0.4, -0.2) is 37.4 Å². The number of benzene rings is 2. The number of sulfonamides is 1. The second-order valence-corrected chi connectivity index (χ2v) is 9.67. The Labute approximate surface area is 193 Å². The molecule has 8 nitrogen and oxygen atoms in total. The molecule has 0 bridgehead atoms. The predicted molar refractivity (Wildman–Crippen MR) is 125 cm³/mol. The monoisotopic (exact) mass is 466 g/mol. The Morgan fingerprint density at radius 3 is 2.33 bits per heavy atom. The third-order valence-electron chi connectivity index (χ3n) is 5.46. The van der Waals surface area contributed by atoms with E-state index in [4.69, 9.17) is 9.15 Å². The van der Waals surface area contributed by atoms with Gasteiger partial charge in [0.25, 0.3) is 0 Å². The maximum atomic E-state index is 13.0. The van der Waals surface area contributed by atoms with Crippen LogP contribution in [0, 0.1) is 11.3 Å². The summed E-state index contributed by atoms with van der Waals surface area (Å²) >= 11 is 0. The lowest BCUT2D eigenvalue weighted by Gasteiger charge is -2.19. The third kappa shape index (κ3) is 5.18. The van der Waals surface area contributed by atoms with E-state index in [0.717, 1.165) is 37.1 Å². The van der Waals surface area contributed by atoms with Gasteiger partial charge in [-0.1, -0.05) is 12.8 Å². The fourth-order valence-electron chi connectivity index (χ4n) is 3.74. The second-order valence-electron chi connectivity index (χ2n) is 7.73. The summed E-state index contributed by atoms with van der Waals surface area (Å²) in [4.78, 5) is 4.50. The fourth-order valence-corrected chi connectivity index (χ4v) is 5.25. The number of nitriles is 1. The lowest BCUT2D eigenvalue weighted by atomic mass is 10.2. The van der Waals surface area contributed by atoms with Crippen LogP contribution >= 0.6 is 0 Å². The number of anilines is 2. The zero-order valence-corrected chi connectivity index (χ0v) is 19.3. The predicted octanol–water partition coefficient (Wildman–Crippen LogP) is 4.92. The van der Waals surface area contributed by atoms with Crippen molar-refractivity contribution in [2.75, 3.05) is 25.0 Å². The molecule has 2 aromatic carbocycles. The fraction of sp³-hybridized carbons (Fsp3) is 0.333. The molecule has 0 aliphatic carbocycles. The maximum Gasteiger partial charge on any atom is 0.243 e. The van der Waals surface area contributed by atoms with Crippen LogP contribution in [0.2, 0.25) is 0 Å². The molecular formula is C24H26N4O4S. The average molecular weight is 467 g/mol. The Hall–Kier alpha value is -3.35. The molecule has 1 N–H and O–H groups in total. The highest BCUT2D eigenvalue weighted by molar-refractivity contribution is 7.89. The summed E-state index contributed by atoms with van der Waals surface area (Å²) in [6, 6.07) is 15.7. The summed E-state index contributed by atoms with van der Waals surface area (Å²) in [5.74, 6) is 1.20. The van der Waals surface area contributed by atoms with Gasteiger partial charge in [0, 0.05) is 24.3 Å². The Morgan fingerprint density at radius 1 is 1.06 bits per heavy atom. The van der Waals surface area contributed by atoms with Gasteiger partial charge in [-0.2, -0.15) is 14.6 Å². The summed E-state index contributed by atoms with van der Waals surface area (Å²) in [6.07, 6.45) is 3.89. The van der Waals surface area contributed by atoms with Crippen LogP contribution in [0.3, 0.4) is 0 Å². The number of ether oxygens (including phenoxy) is 1. The van der Waals surface area contributed by atoms with Gasteiger partial charge in [0.15, 0.2) is 0 Å². The first-order valence-corrected chi connectivity index (χ1v) is 12.5. The van der Waals surface area contributed by atoms with Gasteiger partial charge in [0.2, 0.25) is 27.5 Å². The summed E-state index contributed by atoms with van der Waals surface area (Å²) in [7, 11) is -3.53. The highest BCUT2D eigenvalue weighted by Gasteiger charge is 2.25. The lowest BCUT2D eigenvalue weighted by Crippen LogP contribution is -2.31. The quantitative estimate of drug-likeness (QED) is 0.526. The molecule has 1 aliphatic rings. The molecule has 0 radical (unpaired) electrons. The van der Waals surface area contributed by atoms with E-state index in [9.17, 15) is 13.7 Å². The highest BCUT2D eigenvalue weighted by atomic mass is 32.2. The summed E-state index contributed by atoms with van der Waals surface area (Å²) in [5, 5.41) is 12.5. The van der Waals surface area contributed by atoms with Crippen LogP contribution in [0.1, 0.15) is 38.3 Å². The molecule has 33 heavy (non-hydrogen) atoms. The Kier molecular flexibility index (Phi) is 6.96. The normalized spacial score (nSPS) is 14.9. The minimum Gasteiger partial charge on any atom is -0.494 e. The molecule has 9 heteroatoms. The first kappa shape index (κ1) is 22.8. The zero-order valence-electron chi connectivity index (χ0n) is 18.5. The minimum atomic E-state index is -3.53. The summed E-state index contributed by atoms with van der Waals surface area (Å²) in [6.45, 7) is 3.60. The molecule has 0 amide bonds. The summed E-state index contributed by atoms with van der Waals surface area (Å²) < 4.78 is 38.8. The van der Waals surface area contributed by atoms with Gasteiger partial charge in [-0.3, -0.25) is 0 Å². The van der Waals surface area contributed by atoms with Crippen LogP contribution in [0.5, 0.6) is 5.75 Å². The number of rotatable bonds is 7. The van der Waals surface area contributed by atoms with Crippen LogP contribution in [0.15, 0.2) is 57.8 Å². The molecular weight excluding hydrogens is 440 g/mol. The third-order valence-corrected chi connectivity index (χ3v) is 7.37. The molecule has 0 atom stereocenters. The molecule has 4 rings (SSSR count). The van der Waals surface area contributed by atoms with Crippen molar-refractivity contribution in [1.82, 2.24) is 9.29 Å². The van der Waals surface area contributed by atoms with E-state index in [1.807, 2.05) is 37.3 Å². The molecule has 2 heterocycles. The van der Waals surface area contributed by atoms with E-state index >= 15 is 0 Å². The number of hydrogen-bond acceptors (Lipinski definition) is 7. The second kappa shape index (κ2) is 10.1. The highest BCUT2D eigenvalue weighted by Crippen LogP contribution is 2.30. The van der Waals surface area contributed by atoms with Crippen LogP contribution in [0.4, 0.5) is 11.6 Å². The van der Waals surface area contributed by atoms with E-state index in [1.165, 1.54) is 0 Å². The van der Waals surface area contributed by atoms with E-state index in [1.54, 1.807) is 28.6 Å². The standard InChI is InChI=1S/C24H26N4O4S/c1-2-31-20-11-9-19(10-12-20)26-24-22(17-25)27-23(32-24)18-7-13-21(14-8-18)33(29,30)28-15-5-3-4-6-16-28/h7-14,26H,2-6,15-16H2,1H3. The SMILES string of the molecule is CCOc1ccc(Nc2oc(-c3ccc(S(=O)(=O)N4CCCCCC4)cc3)nc2C#N)cc1. The minimum absolute atomic E-state index is 0.111. The Bertz CT molecular complexity index is 1220. The smallest absolute Gasteiger partial charge is 0.243 e. The first-order chi connectivity index (χ1) is 16.0. The number of nitrogens with zero attached hydrogens (tertiary/aromatic N) is 3. The van der Waals surface area contributed by atoms with E-state index in [-0.39, 0.29) is 22.4 Å². The van der Waals surface area contributed by atoms with Gasteiger partial charge in [-0.25, -0.2) is 8.42 Å². The van der Waals surface area contributed by atoms with Gasteiger partial charge in [-0.15, -0.1) is 0 Å². The van der Waals surface area contributed by atoms with Gasteiger partial charge >= 0.3 is 0 Å². The van der Waals surface area contributed by atoms with Crippen molar-refractivity contribution in [1.29, 1.82) is 5.26 Å². The Morgan fingerprint density at radius 2 is 1.73 bits per heavy atom. The maximum absolute atomic E-state index is 13.0. The average Bonchev–Trinajstić information content (AvgIpc) is 3.03. The van der Waals surface area contributed by atoms with Crippen molar-refractivity contribution < 1.29 is 17.6 Å². The molecule has 0 unspecified atom stereocenters. The Balaban J connectivity index is 1.53. The lowest BCUT2D eigenvalue weighted by molar-refractivity contribution is 0.340. The van der Waals surface area contributed by atoms with Crippen molar-refractivity contribution in [2.45, 2.75) is 37.5 Å². The largest absolute Gasteiger partial charge is 0.494 e. The topological polar surface area (TPSA) is 108 Å². The zero-order chi connectivity index (χ0) is 23.3. The first-order valence-electron chi connectivity index (χ1n) is 11.0. The number of nitrogens with one attached hydrogen (secondary N) is 1. The van der Waals surface area contributed by atoms with Crippen molar-refractivity contribution in [2.24, 2.45) is 0 Å². The molecule has 1 fully saturated rings. The van der Waals surface area contributed by atoms with Crippen LogP contribution in [0.25, 0.3) is 11.5 Å². The van der Waals surface area contributed by atoms with Gasteiger partial charge in [0.1, 0.15) is 11.8 Å². The molecule has 0 spiro atoms. The van der Waals surface area contributed by atoms with Crippen LogP contribution < -0.4 is 10.1 Å².